The van der Waals surface area contributed by atoms with E-state index in [0.717, 1.165) is 32.5 Å². The summed E-state index contributed by atoms with van der Waals surface area (Å²) >= 11 is 0. The number of carbonyl (C=O) groups excluding carboxylic acids is 1. The molecule has 0 heterocycles. The summed E-state index contributed by atoms with van der Waals surface area (Å²) in [6, 6.07) is 0.487. The van der Waals surface area contributed by atoms with Crippen molar-refractivity contribution >= 4 is 11.9 Å². The topological polar surface area (TPSA) is 72.9 Å². The molecule has 2 N–H and O–H groups in total. The molecule has 0 saturated heterocycles. The van der Waals surface area contributed by atoms with E-state index in [1.807, 2.05) is 25.7 Å². The predicted molar refractivity (Wildman–Crippen MR) is 77.6 cm³/mol. The molecule has 0 aromatic carbocycles. The van der Waals surface area contributed by atoms with Crippen molar-refractivity contribution in [3.8, 4) is 0 Å². The summed E-state index contributed by atoms with van der Waals surface area (Å²) in [6.07, 6.45) is 1.70. The van der Waals surface area contributed by atoms with Crippen molar-refractivity contribution in [1.29, 1.82) is 0 Å². The average Bonchev–Trinajstić information content (AvgIpc) is 2.37. The van der Waals surface area contributed by atoms with E-state index in [1.54, 1.807) is 0 Å². The Bertz CT molecular complexity index is 326. The third-order valence-electron chi connectivity index (χ3n) is 4.00. The predicted octanol–water partition coefficient (Wildman–Crippen LogP) is 0.382. The van der Waals surface area contributed by atoms with Gasteiger partial charge in [0, 0.05) is 12.1 Å². The Morgan fingerprint density at radius 1 is 1.10 bits per heavy atom. The largest absolute Gasteiger partial charge is 0.480 e. The molecule has 0 bridgehead atoms. The first-order valence-electron chi connectivity index (χ1n) is 7.47. The lowest BCUT2D eigenvalue weighted by Crippen LogP contribution is -2.55. The zero-order chi connectivity index (χ0) is 15.1. The van der Waals surface area contributed by atoms with Crippen LogP contribution < -0.4 is 5.32 Å². The van der Waals surface area contributed by atoms with E-state index < -0.39 is 5.97 Å². The van der Waals surface area contributed by atoms with Crippen LogP contribution in [0.1, 0.15) is 33.6 Å². The molecular weight excluding hydrogens is 258 g/mol. The van der Waals surface area contributed by atoms with Crippen molar-refractivity contribution < 1.29 is 14.7 Å². The molecule has 0 aromatic heterocycles. The molecule has 0 radical (unpaired) electrons. The van der Waals surface area contributed by atoms with Crippen LogP contribution in [0, 0.1) is 0 Å². The fourth-order valence-electron chi connectivity index (χ4n) is 2.60. The summed E-state index contributed by atoms with van der Waals surface area (Å²) in [7, 11) is 0. The molecule has 0 aliphatic heterocycles. The Morgan fingerprint density at radius 3 is 2.15 bits per heavy atom. The molecule has 1 aliphatic rings. The Balaban J connectivity index is 2.27. The standard InChI is InChI=1S/C14H27N3O3/c1-4-16(5-2)9-13(18)15-11-7-12(8-11)17(6-3)10-14(19)20/h11-12H,4-10H2,1-3H3,(H,15,18)(H,19,20). The number of likely N-dealkylation sites (N-methyl/N-ethyl adjacent to an activating group) is 2. The second-order valence-electron chi connectivity index (χ2n) is 5.31. The number of carbonyl (C=O) groups is 2. The Hall–Kier alpha value is -1.14. The number of hydrogen-bond acceptors (Lipinski definition) is 4. The first-order valence-corrected chi connectivity index (χ1v) is 7.47. The van der Waals surface area contributed by atoms with Gasteiger partial charge in [0.25, 0.3) is 0 Å². The molecule has 6 nitrogen and oxygen atoms in total. The van der Waals surface area contributed by atoms with Crippen molar-refractivity contribution in [2.45, 2.75) is 45.7 Å². The lowest BCUT2D eigenvalue weighted by Gasteiger charge is -2.42. The lowest BCUT2D eigenvalue weighted by molar-refractivity contribution is -0.139. The molecule has 0 spiro atoms. The van der Waals surface area contributed by atoms with Crippen LogP contribution in [0.3, 0.4) is 0 Å². The molecule has 1 saturated carbocycles. The lowest BCUT2D eigenvalue weighted by atomic mass is 9.85. The third-order valence-corrected chi connectivity index (χ3v) is 4.00. The molecule has 20 heavy (non-hydrogen) atoms. The van der Waals surface area contributed by atoms with Crippen LogP contribution in [-0.4, -0.2) is 71.6 Å². The van der Waals surface area contributed by atoms with Crippen LogP contribution in [0.15, 0.2) is 0 Å². The average molecular weight is 285 g/mol. The number of hydrogen-bond donors (Lipinski definition) is 2. The van der Waals surface area contributed by atoms with Gasteiger partial charge in [-0.05, 0) is 32.5 Å². The fraction of sp³-hybridized carbons (Fsp3) is 0.857. The Labute approximate surface area is 121 Å². The minimum atomic E-state index is -0.791. The summed E-state index contributed by atoms with van der Waals surface area (Å²) in [4.78, 5) is 26.6. The maximum Gasteiger partial charge on any atom is 0.317 e. The van der Waals surface area contributed by atoms with Gasteiger partial charge < -0.3 is 10.4 Å². The molecule has 1 aliphatic carbocycles. The van der Waals surface area contributed by atoms with Crippen LogP contribution in [0.5, 0.6) is 0 Å². The van der Waals surface area contributed by atoms with E-state index in [0.29, 0.717) is 6.54 Å². The minimum absolute atomic E-state index is 0.0680. The van der Waals surface area contributed by atoms with Crippen molar-refractivity contribution in [3.05, 3.63) is 0 Å². The highest BCUT2D eigenvalue weighted by Gasteiger charge is 2.34. The third kappa shape index (κ3) is 5.09. The van der Waals surface area contributed by atoms with E-state index in [1.165, 1.54) is 0 Å². The maximum absolute atomic E-state index is 11.8. The number of nitrogens with zero attached hydrogens (tertiary/aromatic N) is 2. The Morgan fingerprint density at radius 2 is 1.70 bits per heavy atom. The van der Waals surface area contributed by atoms with Gasteiger partial charge in [-0.1, -0.05) is 20.8 Å². The van der Waals surface area contributed by atoms with Gasteiger partial charge in [0.15, 0.2) is 0 Å². The molecule has 0 atom stereocenters. The maximum atomic E-state index is 11.8. The van der Waals surface area contributed by atoms with E-state index in [9.17, 15) is 9.59 Å². The van der Waals surface area contributed by atoms with Gasteiger partial charge in [0.1, 0.15) is 0 Å². The second-order valence-corrected chi connectivity index (χ2v) is 5.31. The van der Waals surface area contributed by atoms with Gasteiger partial charge in [0.2, 0.25) is 5.91 Å². The van der Waals surface area contributed by atoms with Gasteiger partial charge in [-0.2, -0.15) is 0 Å². The minimum Gasteiger partial charge on any atom is -0.480 e. The molecular formula is C14H27N3O3. The van der Waals surface area contributed by atoms with Crippen LogP contribution in [0.4, 0.5) is 0 Å². The summed E-state index contributed by atoms with van der Waals surface area (Å²) in [5.41, 5.74) is 0. The van der Waals surface area contributed by atoms with Crippen LogP contribution in [-0.2, 0) is 9.59 Å². The molecule has 6 heteroatoms. The number of carboxylic acid groups (broad SMARTS) is 1. The van der Waals surface area contributed by atoms with Gasteiger partial charge in [-0.3, -0.25) is 19.4 Å². The summed E-state index contributed by atoms with van der Waals surface area (Å²) in [5, 5.41) is 11.9. The summed E-state index contributed by atoms with van der Waals surface area (Å²) < 4.78 is 0. The fourth-order valence-corrected chi connectivity index (χ4v) is 2.60. The van der Waals surface area contributed by atoms with Gasteiger partial charge in [0.05, 0.1) is 13.1 Å². The van der Waals surface area contributed by atoms with Gasteiger partial charge >= 0.3 is 5.97 Å². The van der Waals surface area contributed by atoms with Crippen molar-refractivity contribution in [1.82, 2.24) is 15.1 Å². The van der Waals surface area contributed by atoms with E-state index >= 15 is 0 Å². The molecule has 1 amide bonds. The number of amides is 1. The first-order chi connectivity index (χ1) is 9.49. The molecule has 0 unspecified atom stereocenters. The van der Waals surface area contributed by atoms with Crippen molar-refractivity contribution in [2.24, 2.45) is 0 Å². The molecule has 1 rings (SSSR count). The molecule has 1 fully saturated rings. The quantitative estimate of drug-likeness (QED) is 0.641. The zero-order valence-electron chi connectivity index (χ0n) is 12.8. The summed E-state index contributed by atoms with van der Waals surface area (Å²) in [6.45, 7) is 9.07. The molecule has 0 aromatic rings. The number of carboxylic acids is 1. The molecule has 116 valence electrons. The smallest absolute Gasteiger partial charge is 0.317 e. The number of nitrogens with one attached hydrogen (secondary N) is 1. The van der Waals surface area contributed by atoms with Crippen molar-refractivity contribution in [2.75, 3.05) is 32.7 Å². The normalized spacial score (nSPS) is 21.9. The van der Waals surface area contributed by atoms with Gasteiger partial charge in [-0.25, -0.2) is 0 Å². The van der Waals surface area contributed by atoms with E-state index in [-0.39, 0.29) is 24.5 Å². The second kappa shape index (κ2) is 8.21. The number of aliphatic carboxylic acids is 1. The Kier molecular flexibility index (Phi) is 6.95. The highest BCUT2D eigenvalue weighted by molar-refractivity contribution is 5.78. The SMILES string of the molecule is CCN(CC)CC(=O)NC1CC(N(CC)CC(=O)O)C1. The van der Waals surface area contributed by atoms with Gasteiger partial charge in [-0.15, -0.1) is 0 Å². The zero-order valence-corrected chi connectivity index (χ0v) is 12.8. The highest BCUT2D eigenvalue weighted by Crippen LogP contribution is 2.25. The van der Waals surface area contributed by atoms with E-state index in [4.69, 9.17) is 5.11 Å². The van der Waals surface area contributed by atoms with Crippen LogP contribution in [0.25, 0.3) is 0 Å². The van der Waals surface area contributed by atoms with Crippen LogP contribution >= 0.6 is 0 Å². The monoisotopic (exact) mass is 285 g/mol. The van der Waals surface area contributed by atoms with Crippen molar-refractivity contribution in [3.63, 3.8) is 0 Å². The number of rotatable bonds is 9. The summed E-state index contributed by atoms with van der Waals surface area (Å²) in [5.74, 6) is -0.723. The highest BCUT2D eigenvalue weighted by atomic mass is 16.4. The van der Waals surface area contributed by atoms with E-state index in [2.05, 4.69) is 10.2 Å². The van der Waals surface area contributed by atoms with Crippen LogP contribution in [0.2, 0.25) is 0 Å². The first kappa shape index (κ1) is 16.9.